The number of aryl methyl sites for hydroxylation is 1. The maximum Gasteiger partial charge on any atom is 0.255 e. The quantitative estimate of drug-likeness (QED) is 0.682. The summed E-state index contributed by atoms with van der Waals surface area (Å²) in [6.45, 7) is 3.96. The van der Waals surface area contributed by atoms with Gasteiger partial charge in [0.1, 0.15) is 0 Å². The molecule has 0 unspecified atom stereocenters. The van der Waals surface area contributed by atoms with E-state index in [1.165, 1.54) is 6.92 Å². The van der Waals surface area contributed by atoms with E-state index < -0.39 is 0 Å². The second-order valence-electron chi connectivity index (χ2n) is 6.09. The van der Waals surface area contributed by atoms with Crippen LogP contribution in [0.25, 0.3) is 0 Å². The number of amides is 1. The Kier molecular flexibility index (Phi) is 5.19. The molecule has 1 heterocycles. The highest BCUT2D eigenvalue weighted by molar-refractivity contribution is 6.30. The summed E-state index contributed by atoms with van der Waals surface area (Å²) >= 11 is 5.85. The first-order valence-corrected chi connectivity index (χ1v) is 8.50. The zero-order valence-electron chi connectivity index (χ0n) is 14.5. The van der Waals surface area contributed by atoms with Gasteiger partial charge >= 0.3 is 0 Å². The average molecular weight is 368 g/mol. The van der Waals surface area contributed by atoms with E-state index in [1.807, 2.05) is 19.1 Å². The number of rotatable bonds is 5. The van der Waals surface area contributed by atoms with Crippen molar-refractivity contribution < 1.29 is 9.59 Å². The van der Waals surface area contributed by atoms with Gasteiger partial charge in [0.05, 0.1) is 17.8 Å². The lowest BCUT2D eigenvalue weighted by Gasteiger charge is -2.09. The topological polar surface area (TPSA) is 64.0 Å². The van der Waals surface area contributed by atoms with Gasteiger partial charge in [-0.2, -0.15) is 5.10 Å². The van der Waals surface area contributed by atoms with Crippen LogP contribution in [0.4, 0.5) is 5.69 Å². The summed E-state index contributed by atoms with van der Waals surface area (Å²) in [5.41, 5.74) is 3.73. The monoisotopic (exact) mass is 367 g/mol. The van der Waals surface area contributed by atoms with Crippen molar-refractivity contribution in [2.75, 3.05) is 5.32 Å². The van der Waals surface area contributed by atoms with Crippen LogP contribution >= 0.6 is 11.6 Å². The number of benzene rings is 2. The molecule has 132 valence electrons. The molecule has 2 aromatic carbocycles. The Morgan fingerprint density at radius 1 is 1.15 bits per heavy atom. The van der Waals surface area contributed by atoms with E-state index in [1.54, 1.807) is 47.4 Å². The molecule has 1 N–H and O–H groups in total. The third-order valence-electron chi connectivity index (χ3n) is 4.03. The van der Waals surface area contributed by atoms with Crippen LogP contribution in [0.3, 0.4) is 0 Å². The summed E-state index contributed by atoms with van der Waals surface area (Å²) in [6.07, 6.45) is 3.33. The molecule has 0 fully saturated rings. The second-order valence-corrected chi connectivity index (χ2v) is 6.53. The molecule has 0 bridgehead atoms. The Hall–Kier alpha value is -2.92. The summed E-state index contributed by atoms with van der Waals surface area (Å²) in [4.78, 5) is 23.9. The lowest BCUT2D eigenvalue weighted by molar-refractivity contribution is 0.101. The predicted molar refractivity (Wildman–Crippen MR) is 102 cm³/mol. The van der Waals surface area contributed by atoms with Gasteiger partial charge < -0.3 is 5.32 Å². The fourth-order valence-corrected chi connectivity index (χ4v) is 2.87. The third-order valence-corrected chi connectivity index (χ3v) is 4.22. The number of halogens is 1. The van der Waals surface area contributed by atoms with Crippen molar-refractivity contribution in [3.05, 3.63) is 82.1 Å². The van der Waals surface area contributed by atoms with E-state index in [-0.39, 0.29) is 11.7 Å². The van der Waals surface area contributed by atoms with E-state index in [4.69, 9.17) is 11.6 Å². The van der Waals surface area contributed by atoms with Gasteiger partial charge in [0.15, 0.2) is 5.78 Å². The summed E-state index contributed by atoms with van der Waals surface area (Å²) in [5, 5.41) is 7.58. The first-order valence-electron chi connectivity index (χ1n) is 8.12. The number of ketones is 1. The maximum atomic E-state index is 12.4. The van der Waals surface area contributed by atoms with Crippen molar-refractivity contribution >= 4 is 29.0 Å². The van der Waals surface area contributed by atoms with Crippen LogP contribution in [-0.4, -0.2) is 21.5 Å². The summed E-state index contributed by atoms with van der Waals surface area (Å²) in [7, 11) is 0. The van der Waals surface area contributed by atoms with Crippen LogP contribution < -0.4 is 5.32 Å². The first-order chi connectivity index (χ1) is 12.4. The van der Waals surface area contributed by atoms with Crippen LogP contribution in [0.2, 0.25) is 5.02 Å². The number of hydrogen-bond donors (Lipinski definition) is 1. The average Bonchev–Trinajstić information content (AvgIpc) is 3.00. The van der Waals surface area contributed by atoms with Gasteiger partial charge in [0.2, 0.25) is 0 Å². The van der Waals surface area contributed by atoms with Crippen molar-refractivity contribution in [2.24, 2.45) is 0 Å². The molecule has 0 spiro atoms. The molecule has 0 aliphatic carbocycles. The Bertz CT molecular complexity index is 961. The number of aromatic nitrogens is 2. The molecule has 26 heavy (non-hydrogen) atoms. The van der Waals surface area contributed by atoms with E-state index in [9.17, 15) is 9.59 Å². The number of carbonyl (C=O) groups excluding carboxylic acids is 2. The minimum Gasteiger partial charge on any atom is -0.322 e. The lowest BCUT2D eigenvalue weighted by atomic mass is 10.0. The highest BCUT2D eigenvalue weighted by Crippen LogP contribution is 2.17. The van der Waals surface area contributed by atoms with Crippen molar-refractivity contribution in [1.82, 2.24) is 9.78 Å². The molecule has 0 saturated carbocycles. The van der Waals surface area contributed by atoms with Gasteiger partial charge in [-0.1, -0.05) is 23.7 Å². The fraction of sp³-hybridized carbons (Fsp3) is 0.150. The Morgan fingerprint density at radius 3 is 2.46 bits per heavy atom. The number of nitrogens with one attached hydrogen (secondary N) is 1. The standard InChI is InChI=1S/C20H18ClN3O2/c1-13-9-18(7-8-19(13)14(2)25)23-20(26)16-5-3-15(4-6-16)11-24-12-17(21)10-22-24/h3-10,12H,11H2,1-2H3,(H,23,26). The fourth-order valence-electron chi connectivity index (χ4n) is 2.71. The zero-order valence-corrected chi connectivity index (χ0v) is 15.2. The predicted octanol–water partition coefficient (Wildman–Crippen LogP) is 4.35. The normalized spacial score (nSPS) is 10.6. The Balaban J connectivity index is 1.68. The molecule has 5 nitrogen and oxygen atoms in total. The zero-order chi connectivity index (χ0) is 18.7. The van der Waals surface area contributed by atoms with E-state index in [0.717, 1.165) is 11.1 Å². The van der Waals surface area contributed by atoms with Crippen molar-refractivity contribution in [2.45, 2.75) is 20.4 Å². The largest absolute Gasteiger partial charge is 0.322 e. The summed E-state index contributed by atoms with van der Waals surface area (Å²) < 4.78 is 1.73. The van der Waals surface area contributed by atoms with Gasteiger partial charge in [-0.15, -0.1) is 0 Å². The molecule has 0 aliphatic heterocycles. The molecule has 3 rings (SSSR count). The molecule has 0 radical (unpaired) electrons. The molecule has 0 aliphatic rings. The van der Waals surface area contributed by atoms with Crippen molar-refractivity contribution in [1.29, 1.82) is 0 Å². The van der Waals surface area contributed by atoms with Gasteiger partial charge in [-0.25, -0.2) is 0 Å². The molecule has 1 amide bonds. The number of carbonyl (C=O) groups is 2. The highest BCUT2D eigenvalue weighted by atomic mass is 35.5. The van der Waals surface area contributed by atoms with Gasteiger partial charge in [0, 0.05) is 23.0 Å². The van der Waals surface area contributed by atoms with Gasteiger partial charge in [-0.3, -0.25) is 14.3 Å². The molecule has 0 atom stereocenters. The molecule has 6 heteroatoms. The van der Waals surface area contributed by atoms with Crippen LogP contribution in [-0.2, 0) is 6.54 Å². The Morgan fingerprint density at radius 2 is 1.88 bits per heavy atom. The summed E-state index contributed by atoms with van der Waals surface area (Å²) in [6, 6.07) is 12.6. The van der Waals surface area contributed by atoms with Crippen LogP contribution in [0.1, 0.15) is 38.8 Å². The lowest BCUT2D eigenvalue weighted by Crippen LogP contribution is -2.12. The minimum atomic E-state index is -0.200. The SMILES string of the molecule is CC(=O)c1ccc(NC(=O)c2ccc(Cn3cc(Cl)cn3)cc2)cc1C. The van der Waals surface area contributed by atoms with Crippen molar-refractivity contribution in [3.63, 3.8) is 0 Å². The number of anilines is 1. The third kappa shape index (κ3) is 4.18. The highest BCUT2D eigenvalue weighted by Gasteiger charge is 2.09. The smallest absolute Gasteiger partial charge is 0.255 e. The molecule has 0 saturated heterocycles. The number of hydrogen-bond acceptors (Lipinski definition) is 3. The van der Waals surface area contributed by atoms with E-state index >= 15 is 0 Å². The van der Waals surface area contributed by atoms with Gasteiger partial charge in [0.25, 0.3) is 5.91 Å². The molecular formula is C20H18ClN3O2. The molecule has 3 aromatic rings. The minimum absolute atomic E-state index is 0.00874. The molecule has 1 aromatic heterocycles. The maximum absolute atomic E-state index is 12.4. The van der Waals surface area contributed by atoms with Crippen molar-refractivity contribution in [3.8, 4) is 0 Å². The van der Waals surface area contributed by atoms with Crippen LogP contribution in [0, 0.1) is 6.92 Å². The Labute approximate surface area is 156 Å². The second kappa shape index (κ2) is 7.54. The summed E-state index contributed by atoms with van der Waals surface area (Å²) in [5.74, 6) is -0.192. The number of Topliss-reactive ketones (excluding diaryl/α,β-unsaturated/α-hetero) is 1. The molecular weight excluding hydrogens is 350 g/mol. The number of nitrogens with zero attached hydrogens (tertiary/aromatic N) is 2. The van der Waals surface area contributed by atoms with Gasteiger partial charge in [-0.05, 0) is 55.3 Å². The van der Waals surface area contributed by atoms with Crippen LogP contribution in [0.15, 0.2) is 54.9 Å². The van der Waals surface area contributed by atoms with E-state index in [0.29, 0.717) is 28.4 Å². The van der Waals surface area contributed by atoms with Crippen LogP contribution in [0.5, 0.6) is 0 Å². The first kappa shape index (κ1) is 17.9. The van der Waals surface area contributed by atoms with E-state index in [2.05, 4.69) is 10.4 Å².